The zero-order valence-corrected chi connectivity index (χ0v) is 13.2. The van der Waals surface area contributed by atoms with Gasteiger partial charge in [-0.15, -0.1) is 0 Å². The standard InChI is InChI=1S/C12H17ClN2O2S2/c1-2-3-9-10(13)14-12(17)15(11(9)16)6-8-7-18-4-5-19-8/h8H,2-7H2,1H3,(H,14,17). The van der Waals surface area contributed by atoms with Crippen molar-refractivity contribution < 1.29 is 0 Å². The first-order valence-electron chi connectivity index (χ1n) is 6.34. The van der Waals surface area contributed by atoms with Crippen LogP contribution in [0.5, 0.6) is 0 Å². The van der Waals surface area contributed by atoms with E-state index >= 15 is 0 Å². The maximum Gasteiger partial charge on any atom is 0.329 e. The second-order valence-corrected chi connectivity index (χ2v) is 7.39. The number of H-pyrrole nitrogens is 1. The molecule has 0 aliphatic carbocycles. The van der Waals surface area contributed by atoms with Crippen LogP contribution in [0.3, 0.4) is 0 Å². The van der Waals surface area contributed by atoms with Crippen LogP contribution in [0, 0.1) is 0 Å². The fourth-order valence-electron chi connectivity index (χ4n) is 2.06. The molecule has 19 heavy (non-hydrogen) atoms. The molecule has 1 aliphatic heterocycles. The lowest BCUT2D eigenvalue weighted by Crippen LogP contribution is -2.40. The summed E-state index contributed by atoms with van der Waals surface area (Å²) in [4.78, 5) is 26.8. The number of thioether (sulfide) groups is 2. The first-order chi connectivity index (χ1) is 9.13. The fraction of sp³-hybridized carbons (Fsp3) is 0.667. The van der Waals surface area contributed by atoms with Crippen LogP contribution in [0.2, 0.25) is 5.15 Å². The Balaban J connectivity index is 2.31. The van der Waals surface area contributed by atoms with Crippen LogP contribution in [0.1, 0.15) is 18.9 Å². The Kier molecular flexibility index (Phi) is 5.47. The van der Waals surface area contributed by atoms with Gasteiger partial charge in [-0.1, -0.05) is 24.9 Å². The van der Waals surface area contributed by atoms with Gasteiger partial charge in [-0.2, -0.15) is 23.5 Å². The van der Waals surface area contributed by atoms with Gasteiger partial charge in [0.25, 0.3) is 5.56 Å². The Hall–Kier alpha value is -0.330. The molecule has 1 aliphatic rings. The van der Waals surface area contributed by atoms with E-state index in [0.717, 1.165) is 23.7 Å². The van der Waals surface area contributed by atoms with Crippen molar-refractivity contribution in [3.8, 4) is 0 Å². The highest BCUT2D eigenvalue weighted by Gasteiger charge is 2.19. The molecule has 0 amide bonds. The van der Waals surface area contributed by atoms with Crippen molar-refractivity contribution in [2.75, 3.05) is 17.3 Å². The SMILES string of the molecule is CCCc1c(Cl)[nH]c(=O)n(CC2CSCCS2)c1=O. The average Bonchev–Trinajstić information content (AvgIpc) is 2.41. The van der Waals surface area contributed by atoms with E-state index in [9.17, 15) is 9.59 Å². The third-order valence-electron chi connectivity index (χ3n) is 3.00. The number of rotatable bonds is 4. The molecule has 1 aromatic heterocycles. The van der Waals surface area contributed by atoms with E-state index in [1.165, 1.54) is 4.57 Å². The molecule has 1 unspecified atom stereocenters. The smallest absolute Gasteiger partial charge is 0.297 e. The molecule has 4 nitrogen and oxygen atoms in total. The molecule has 0 saturated carbocycles. The Morgan fingerprint density at radius 3 is 2.84 bits per heavy atom. The van der Waals surface area contributed by atoms with Crippen molar-refractivity contribution in [3.63, 3.8) is 0 Å². The van der Waals surface area contributed by atoms with Crippen molar-refractivity contribution in [1.29, 1.82) is 0 Å². The molecule has 1 fully saturated rings. The number of aromatic nitrogens is 2. The van der Waals surface area contributed by atoms with E-state index in [1.54, 1.807) is 0 Å². The van der Waals surface area contributed by atoms with Crippen LogP contribution in [0.4, 0.5) is 0 Å². The number of nitrogens with one attached hydrogen (secondary N) is 1. The van der Waals surface area contributed by atoms with Gasteiger partial charge in [-0.25, -0.2) is 4.79 Å². The quantitative estimate of drug-likeness (QED) is 0.862. The molecule has 1 atom stereocenters. The normalized spacial score (nSPS) is 19.6. The van der Waals surface area contributed by atoms with Gasteiger partial charge >= 0.3 is 5.69 Å². The van der Waals surface area contributed by atoms with Crippen molar-refractivity contribution in [3.05, 3.63) is 31.6 Å². The third kappa shape index (κ3) is 3.61. The maximum atomic E-state index is 12.3. The number of hydrogen-bond acceptors (Lipinski definition) is 4. The lowest BCUT2D eigenvalue weighted by atomic mass is 10.2. The minimum absolute atomic E-state index is 0.193. The number of aromatic amines is 1. The van der Waals surface area contributed by atoms with E-state index in [-0.39, 0.29) is 10.7 Å². The molecule has 1 aromatic rings. The molecule has 1 N–H and O–H groups in total. The van der Waals surface area contributed by atoms with Gasteiger partial charge in [0.15, 0.2) is 0 Å². The summed E-state index contributed by atoms with van der Waals surface area (Å²) in [5.74, 6) is 3.22. The first kappa shape index (κ1) is 15.1. The molecule has 106 valence electrons. The fourth-order valence-corrected chi connectivity index (χ4v) is 4.97. The summed E-state index contributed by atoms with van der Waals surface area (Å²) in [5.41, 5.74) is -0.102. The number of hydrogen-bond donors (Lipinski definition) is 1. The summed E-state index contributed by atoms with van der Waals surface area (Å²) in [6, 6.07) is 0. The van der Waals surface area contributed by atoms with Crippen LogP contribution in [-0.4, -0.2) is 32.1 Å². The van der Waals surface area contributed by atoms with Crippen molar-refractivity contribution in [2.24, 2.45) is 0 Å². The molecular weight excluding hydrogens is 304 g/mol. The zero-order chi connectivity index (χ0) is 13.8. The molecule has 1 saturated heterocycles. The predicted octanol–water partition coefficient (Wildman–Crippen LogP) is 1.99. The molecule has 0 aromatic carbocycles. The summed E-state index contributed by atoms with van der Waals surface area (Å²) < 4.78 is 1.31. The molecule has 0 bridgehead atoms. The summed E-state index contributed by atoms with van der Waals surface area (Å²) in [7, 11) is 0. The average molecular weight is 321 g/mol. The topological polar surface area (TPSA) is 54.9 Å². The number of nitrogens with zero attached hydrogens (tertiary/aromatic N) is 1. The molecule has 2 rings (SSSR count). The number of halogens is 1. The Labute approximate surface area is 125 Å². The highest BCUT2D eigenvalue weighted by molar-refractivity contribution is 8.06. The zero-order valence-electron chi connectivity index (χ0n) is 10.8. The van der Waals surface area contributed by atoms with Gasteiger partial charge in [-0.05, 0) is 6.42 Å². The van der Waals surface area contributed by atoms with Crippen LogP contribution in [0.15, 0.2) is 9.59 Å². The van der Waals surface area contributed by atoms with Gasteiger partial charge in [0, 0.05) is 29.1 Å². The molecular formula is C12H17ClN2O2S2. The van der Waals surface area contributed by atoms with Crippen molar-refractivity contribution >= 4 is 35.1 Å². The molecule has 0 spiro atoms. The van der Waals surface area contributed by atoms with E-state index < -0.39 is 5.69 Å². The minimum atomic E-state index is -0.397. The first-order valence-corrected chi connectivity index (χ1v) is 8.92. The largest absolute Gasteiger partial charge is 0.329 e. The van der Waals surface area contributed by atoms with Gasteiger partial charge in [0.1, 0.15) is 5.15 Å². The van der Waals surface area contributed by atoms with Crippen LogP contribution < -0.4 is 11.2 Å². The Bertz CT molecular complexity index is 550. The maximum absolute atomic E-state index is 12.3. The Morgan fingerprint density at radius 1 is 1.42 bits per heavy atom. The van der Waals surface area contributed by atoms with Gasteiger partial charge < -0.3 is 0 Å². The van der Waals surface area contributed by atoms with E-state index in [0.29, 0.717) is 23.8 Å². The molecule has 0 radical (unpaired) electrons. The summed E-state index contributed by atoms with van der Waals surface area (Å²) in [5, 5.41) is 0.520. The summed E-state index contributed by atoms with van der Waals surface area (Å²) in [6.07, 6.45) is 1.43. The van der Waals surface area contributed by atoms with Gasteiger partial charge in [-0.3, -0.25) is 14.3 Å². The Morgan fingerprint density at radius 2 is 2.21 bits per heavy atom. The van der Waals surface area contributed by atoms with Crippen LogP contribution in [-0.2, 0) is 13.0 Å². The van der Waals surface area contributed by atoms with E-state index in [2.05, 4.69) is 4.98 Å². The predicted molar refractivity (Wildman–Crippen MR) is 83.9 cm³/mol. The second kappa shape index (κ2) is 6.90. The van der Waals surface area contributed by atoms with Crippen LogP contribution >= 0.6 is 35.1 Å². The van der Waals surface area contributed by atoms with E-state index in [4.69, 9.17) is 11.6 Å². The molecule has 7 heteroatoms. The van der Waals surface area contributed by atoms with E-state index in [1.807, 2.05) is 30.4 Å². The molecule has 2 heterocycles. The van der Waals surface area contributed by atoms with Crippen LogP contribution in [0.25, 0.3) is 0 Å². The van der Waals surface area contributed by atoms with Crippen molar-refractivity contribution in [1.82, 2.24) is 9.55 Å². The van der Waals surface area contributed by atoms with Gasteiger partial charge in [0.2, 0.25) is 0 Å². The van der Waals surface area contributed by atoms with Crippen molar-refractivity contribution in [2.45, 2.75) is 31.6 Å². The third-order valence-corrected chi connectivity index (χ3v) is 6.15. The summed E-state index contributed by atoms with van der Waals surface area (Å²) >= 11 is 9.66. The highest BCUT2D eigenvalue weighted by Crippen LogP contribution is 2.24. The monoisotopic (exact) mass is 320 g/mol. The lowest BCUT2D eigenvalue weighted by Gasteiger charge is -2.21. The minimum Gasteiger partial charge on any atom is -0.297 e. The lowest BCUT2D eigenvalue weighted by molar-refractivity contribution is 0.617. The van der Waals surface area contributed by atoms with Gasteiger partial charge in [0.05, 0.1) is 5.56 Å². The second-order valence-electron chi connectivity index (χ2n) is 4.46. The summed E-state index contributed by atoms with van der Waals surface area (Å²) in [6.45, 7) is 2.46. The highest BCUT2D eigenvalue weighted by atomic mass is 35.5.